The van der Waals surface area contributed by atoms with Crippen LogP contribution in [0, 0.1) is 29.8 Å². The molecular weight excluding hydrogens is 479 g/mol. The van der Waals surface area contributed by atoms with Crippen LogP contribution >= 0.6 is 0 Å². The lowest BCUT2D eigenvalue weighted by molar-refractivity contribution is -0.117. The maximum absolute atomic E-state index is 13.6. The van der Waals surface area contributed by atoms with E-state index in [2.05, 4.69) is 15.6 Å². The summed E-state index contributed by atoms with van der Waals surface area (Å²) in [5.41, 5.74) is -0.520. The first-order chi connectivity index (χ1) is 17.0. The number of anilines is 1. The highest BCUT2D eigenvalue weighted by Crippen LogP contribution is 2.37. The number of nitrogens with one attached hydrogen (secondary N) is 3. The third kappa shape index (κ3) is 4.38. The van der Waals surface area contributed by atoms with E-state index in [1.165, 1.54) is 14.0 Å². The van der Waals surface area contributed by atoms with E-state index in [-0.39, 0.29) is 34.3 Å². The minimum atomic E-state index is -1.66. The minimum absolute atomic E-state index is 0.0655. The fraction of sp³-hybridized carbons (Fsp3) is 0.375. The van der Waals surface area contributed by atoms with Gasteiger partial charge >= 0.3 is 0 Å². The van der Waals surface area contributed by atoms with Crippen LogP contribution < -0.4 is 10.6 Å². The molecule has 1 aliphatic carbocycles. The molecule has 0 saturated heterocycles. The molecule has 1 aromatic heterocycles. The van der Waals surface area contributed by atoms with Gasteiger partial charge in [0, 0.05) is 44.0 Å². The number of fused-ring (bicyclic) bond motifs is 1. The van der Waals surface area contributed by atoms with Gasteiger partial charge in [-0.2, -0.15) is 0 Å². The number of ether oxygens (including phenoxy) is 1. The molecule has 2 heterocycles. The lowest BCUT2D eigenvalue weighted by Gasteiger charge is -2.18. The molecule has 4 rings (SSSR count). The lowest BCUT2D eigenvalue weighted by Crippen LogP contribution is -2.47. The fourth-order valence-corrected chi connectivity index (χ4v) is 4.34. The van der Waals surface area contributed by atoms with Gasteiger partial charge in [-0.1, -0.05) is 0 Å². The van der Waals surface area contributed by atoms with E-state index in [1.54, 1.807) is 11.5 Å². The first-order valence-corrected chi connectivity index (χ1v) is 11.2. The van der Waals surface area contributed by atoms with E-state index in [1.807, 2.05) is 0 Å². The predicted octanol–water partition coefficient (Wildman–Crippen LogP) is 3.29. The van der Waals surface area contributed by atoms with Crippen LogP contribution in [0.4, 0.5) is 18.9 Å². The van der Waals surface area contributed by atoms with Gasteiger partial charge < -0.3 is 19.9 Å². The molecule has 2 aliphatic rings. The zero-order valence-corrected chi connectivity index (χ0v) is 19.9. The number of carbonyl (C=O) groups excluding carboxylic acids is 3. The first kappa shape index (κ1) is 25.1. The highest BCUT2D eigenvalue weighted by Gasteiger charge is 2.51. The van der Waals surface area contributed by atoms with Crippen molar-refractivity contribution in [2.75, 3.05) is 12.4 Å². The SMILES string of the molecule is CN=C(C)OC(=N)C1(NC(=O)C(=O)c2c(C)c(C(=O)Nc3cc(F)c(F)c(F)c3)n3c2CCC3)CC1. The van der Waals surface area contributed by atoms with E-state index < -0.39 is 40.6 Å². The Labute approximate surface area is 204 Å². The molecule has 36 heavy (non-hydrogen) atoms. The molecular formula is C24H24F3N5O4. The normalized spacial score (nSPS) is 15.8. The number of ketones is 1. The Hall–Kier alpha value is -3.96. The van der Waals surface area contributed by atoms with Crippen molar-refractivity contribution in [2.24, 2.45) is 4.99 Å². The smallest absolute Gasteiger partial charge is 0.293 e. The molecule has 0 radical (unpaired) electrons. The average molecular weight is 503 g/mol. The van der Waals surface area contributed by atoms with Crippen LogP contribution in [0.5, 0.6) is 0 Å². The molecule has 3 N–H and O–H groups in total. The average Bonchev–Trinajstić information content (AvgIpc) is 3.36. The molecule has 0 bridgehead atoms. The molecule has 0 unspecified atom stereocenters. The largest absolute Gasteiger partial charge is 0.427 e. The van der Waals surface area contributed by atoms with Crippen molar-refractivity contribution in [1.82, 2.24) is 9.88 Å². The fourth-order valence-electron chi connectivity index (χ4n) is 4.34. The summed E-state index contributed by atoms with van der Waals surface area (Å²) in [6.45, 7) is 3.47. The Kier molecular flexibility index (Phi) is 6.46. The van der Waals surface area contributed by atoms with Crippen molar-refractivity contribution in [3.05, 3.63) is 52.1 Å². The number of aromatic nitrogens is 1. The van der Waals surface area contributed by atoms with Crippen LogP contribution in [0.15, 0.2) is 17.1 Å². The second kappa shape index (κ2) is 9.25. The molecule has 190 valence electrons. The Morgan fingerprint density at radius 2 is 1.81 bits per heavy atom. The number of benzene rings is 1. The van der Waals surface area contributed by atoms with Crippen LogP contribution in [0.1, 0.15) is 58.3 Å². The van der Waals surface area contributed by atoms with E-state index in [0.29, 0.717) is 50.1 Å². The van der Waals surface area contributed by atoms with Crippen LogP contribution in [-0.4, -0.2) is 46.5 Å². The minimum Gasteiger partial charge on any atom is -0.427 e. The van der Waals surface area contributed by atoms with Gasteiger partial charge in [0.1, 0.15) is 11.2 Å². The van der Waals surface area contributed by atoms with Crippen molar-refractivity contribution in [3.63, 3.8) is 0 Å². The molecule has 0 atom stereocenters. The van der Waals surface area contributed by atoms with E-state index in [4.69, 9.17) is 10.1 Å². The second-order valence-corrected chi connectivity index (χ2v) is 8.80. The summed E-state index contributed by atoms with van der Waals surface area (Å²) in [5.74, 6) is -7.12. The number of amides is 2. The van der Waals surface area contributed by atoms with Crippen LogP contribution in [-0.2, 0) is 22.5 Å². The summed E-state index contributed by atoms with van der Waals surface area (Å²) in [4.78, 5) is 43.0. The number of carbonyl (C=O) groups is 3. The molecule has 0 spiro atoms. The zero-order chi connectivity index (χ0) is 26.4. The van der Waals surface area contributed by atoms with Crippen molar-refractivity contribution >= 4 is 35.1 Å². The van der Waals surface area contributed by atoms with Gasteiger partial charge in [0.25, 0.3) is 17.6 Å². The van der Waals surface area contributed by atoms with Gasteiger partial charge in [0.05, 0.1) is 5.56 Å². The lowest BCUT2D eigenvalue weighted by atomic mass is 10.0. The molecule has 2 amide bonds. The van der Waals surface area contributed by atoms with Crippen molar-refractivity contribution in [2.45, 2.75) is 51.6 Å². The first-order valence-electron chi connectivity index (χ1n) is 11.2. The summed E-state index contributed by atoms with van der Waals surface area (Å²) >= 11 is 0. The third-order valence-corrected chi connectivity index (χ3v) is 6.40. The molecule has 2 aromatic rings. The van der Waals surface area contributed by atoms with Gasteiger partial charge in [-0.05, 0) is 38.2 Å². The van der Waals surface area contributed by atoms with Crippen molar-refractivity contribution in [3.8, 4) is 0 Å². The monoisotopic (exact) mass is 503 g/mol. The summed E-state index contributed by atoms with van der Waals surface area (Å²) < 4.78 is 47.3. The molecule has 1 saturated carbocycles. The van der Waals surface area contributed by atoms with Gasteiger partial charge in [-0.25, -0.2) is 13.2 Å². The number of halogens is 3. The molecule has 9 nitrogen and oxygen atoms in total. The van der Waals surface area contributed by atoms with Crippen molar-refractivity contribution in [1.29, 1.82) is 5.41 Å². The number of Topliss-reactive ketones (excluding diaryl/α,β-unsaturated/α-hetero) is 1. The predicted molar refractivity (Wildman–Crippen MR) is 124 cm³/mol. The Balaban J connectivity index is 1.59. The second-order valence-electron chi connectivity index (χ2n) is 8.80. The number of rotatable bonds is 6. The van der Waals surface area contributed by atoms with E-state index in [0.717, 1.165) is 0 Å². The number of aliphatic imine (C=N–C) groups is 1. The highest BCUT2D eigenvalue weighted by atomic mass is 19.2. The Morgan fingerprint density at radius 1 is 1.17 bits per heavy atom. The van der Waals surface area contributed by atoms with Crippen LogP contribution in [0.2, 0.25) is 0 Å². The Bertz CT molecular complexity index is 1320. The summed E-state index contributed by atoms with van der Waals surface area (Å²) in [6.07, 6.45) is 1.91. The quantitative estimate of drug-likeness (QED) is 0.184. The molecule has 1 aromatic carbocycles. The summed E-state index contributed by atoms with van der Waals surface area (Å²) in [5, 5.41) is 13.1. The number of nitrogens with zero attached hydrogens (tertiary/aromatic N) is 2. The maximum atomic E-state index is 13.6. The maximum Gasteiger partial charge on any atom is 0.293 e. The highest BCUT2D eigenvalue weighted by molar-refractivity contribution is 6.44. The molecule has 12 heteroatoms. The Morgan fingerprint density at radius 3 is 2.39 bits per heavy atom. The van der Waals surface area contributed by atoms with Crippen molar-refractivity contribution < 1.29 is 32.3 Å². The van der Waals surface area contributed by atoms with Gasteiger partial charge in [-0.15, -0.1) is 0 Å². The number of hydrogen-bond donors (Lipinski definition) is 3. The summed E-state index contributed by atoms with van der Waals surface area (Å²) in [7, 11) is 1.50. The van der Waals surface area contributed by atoms with E-state index in [9.17, 15) is 27.6 Å². The van der Waals surface area contributed by atoms with Crippen LogP contribution in [0.3, 0.4) is 0 Å². The van der Waals surface area contributed by atoms with Crippen LogP contribution in [0.25, 0.3) is 0 Å². The molecule has 1 aliphatic heterocycles. The topological polar surface area (TPSA) is 126 Å². The van der Waals surface area contributed by atoms with E-state index >= 15 is 0 Å². The number of hydrogen-bond acceptors (Lipinski definition) is 6. The third-order valence-electron chi connectivity index (χ3n) is 6.40. The summed E-state index contributed by atoms with van der Waals surface area (Å²) in [6, 6.07) is 1.30. The van der Waals surface area contributed by atoms with Gasteiger partial charge in [-0.3, -0.25) is 24.8 Å². The zero-order valence-electron chi connectivity index (χ0n) is 19.9. The van der Waals surface area contributed by atoms with Gasteiger partial charge in [0.15, 0.2) is 23.3 Å². The standard InChI is InChI=1S/C24H24F3N5O4/c1-11-17(20(33)22(35)31-24(6-7-24)23(28)36-12(2)29-3)16-5-4-8-32(16)19(11)21(34)30-13-9-14(25)18(27)15(26)10-13/h9-10,28H,4-8H2,1-3H3,(H,30,34)(H,31,35). The van der Waals surface area contributed by atoms with Gasteiger partial charge in [0.2, 0.25) is 5.90 Å². The molecule has 1 fully saturated rings.